The number of benzene rings is 1. The summed E-state index contributed by atoms with van der Waals surface area (Å²) in [4.78, 5) is 0.399. The van der Waals surface area contributed by atoms with E-state index in [1.54, 1.807) is 16.4 Å². The molecule has 0 spiro atoms. The average molecular weight is 282 g/mol. The predicted molar refractivity (Wildman–Crippen MR) is 77.8 cm³/mol. The Kier molecular flexibility index (Phi) is 4.82. The van der Waals surface area contributed by atoms with Gasteiger partial charge in [-0.25, -0.2) is 8.42 Å². The Bertz CT molecular complexity index is 491. The zero-order chi connectivity index (χ0) is 13.7. The van der Waals surface area contributed by atoms with Crippen LogP contribution >= 0.6 is 0 Å². The number of sulfonamides is 1. The summed E-state index contributed by atoms with van der Waals surface area (Å²) in [7, 11) is -3.29. The molecule has 0 amide bonds. The molecule has 1 N–H and O–H groups in total. The Labute approximate surface area is 115 Å². The predicted octanol–water partition coefficient (Wildman–Crippen LogP) is 2.68. The van der Waals surface area contributed by atoms with Gasteiger partial charge in [-0.05, 0) is 43.5 Å². The van der Waals surface area contributed by atoms with Crippen molar-refractivity contribution in [2.45, 2.75) is 37.5 Å². The number of anilines is 1. The summed E-state index contributed by atoms with van der Waals surface area (Å²) in [6, 6.07) is 7.07. The lowest BCUT2D eigenvalue weighted by Crippen LogP contribution is -2.35. The smallest absolute Gasteiger partial charge is 0.243 e. The van der Waals surface area contributed by atoms with Gasteiger partial charge in [0.15, 0.2) is 0 Å². The van der Waals surface area contributed by atoms with Crippen molar-refractivity contribution in [1.82, 2.24) is 4.31 Å². The maximum atomic E-state index is 12.4. The molecule has 0 atom stereocenters. The third kappa shape index (κ3) is 3.48. The topological polar surface area (TPSA) is 49.4 Å². The monoisotopic (exact) mass is 282 g/mol. The summed E-state index contributed by atoms with van der Waals surface area (Å²) in [5, 5.41) is 3.24. The van der Waals surface area contributed by atoms with Crippen LogP contribution in [0.4, 0.5) is 5.69 Å². The largest absolute Gasteiger partial charge is 0.385 e. The SMILES string of the molecule is CCCNc1ccc(S(=O)(=O)N2CCCCC2)cc1. The second-order valence-electron chi connectivity index (χ2n) is 4.92. The molecule has 0 aliphatic carbocycles. The minimum Gasteiger partial charge on any atom is -0.385 e. The van der Waals surface area contributed by atoms with Crippen LogP contribution in [0.15, 0.2) is 29.2 Å². The van der Waals surface area contributed by atoms with Gasteiger partial charge in [-0.15, -0.1) is 0 Å². The zero-order valence-corrected chi connectivity index (χ0v) is 12.2. The minimum absolute atomic E-state index is 0.399. The zero-order valence-electron chi connectivity index (χ0n) is 11.4. The molecule has 0 radical (unpaired) electrons. The first kappa shape index (κ1) is 14.3. The van der Waals surface area contributed by atoms with Crippen LogP contribution < -0.4 is 5.32 Å². The van der Waals surface area contributed by atoms with Crippen LogP contribution in [-0.4, -0.2) is 32.4 Å². The van der Waals surface area contributed by atoms with Gasteiger partial charge in [0.25, 0.3) is 0 Å². The summed E-state index contributed by atoms with van der Waals surface area (Å²) in [5.74, 6) is 0. The summed E-state index contributed by atoms with van der Waals surface area (Å²) in [5.41, 5.74) is 0.972. The van der Waals surface area contributed by atoms with Crippen molar-refractivity contribution in [2.24, 2.45) is 0 Å². The summed E-state index contributed by atoms with van der Waals surface area (Å²) < 4.78 is 26.4. The summed E-state index contributed by atoms with van der Waals surface area (Å²) in [6.45, 7) is 4.30. The Morgan fingerprint density at radius 2 is 1.74 bits per heavy atom. The van der Waals surface area contributed by atoms with Crippen LogP contribution in [-0.2, 0) is 10.0 Å². The van der Waals surface area contributed by atoms with Crippen molar-refractivity contribution in [2.75, 3.05) is 25.0 Å². The van der Waals surface area contributed by atoms with Gasteiger partial charge in [0, 0.05) is 25.3 Å². The number of hydrogen-bond donors (Lipinski definition) is 1. The molecule has 1 fully saturated rings. The maximum Gasteiger partial charge on any atom is 0.243 e. The molecule has 1 heterocycles. The second-order valence-corrected chi connectivity index (χ2v) is 6.85. The van der Waals surface area contributed by atoms with E-state index in [1.165, 1.54) is 0 Å². The van der Waals surface area contributed by atoms with Crippen LogP contribution in [0.5, 0.6) is 0 Å². The van der Waals surface area contributed by atoms with Crippen LogP contribution in [0.25, 0.3) is 0 Å². The first-order chi connectivity index (χ1) is 9.14. The third-order valence-electron chi connectivity index (χ3n) is 3.39. The molecule has 5 heteroatoms. The van der Waals surface area contributed by atoms with Crippen molar-refractivity contribution in [3.8, 4) is 0 Å². The highest BCUT2D eigenvalue weighted by molar-refractivity contribution is 7.89. The quantitative estimate of drug-likeness (QED) is 0.903. The van der Waals surface area contributed by atoms with E-state index in [4.69, 9.17) is 0 Å². The summed E-state index contributed by atoms with van der Waals surface area (Å²) >= 11 is 0. The van der Waals surface area contributed by atoms with E-state index in [0.29, 0.717) is 18.0 Å². The lowest BCUT2D eigenvalue weighted by Gasteiger charge is -2.25. The number of hydrogen-bond acceptors (Lipinski definition) is 3. The van der Waals surface area contributed by atoms with Gasteiger partial charge in [-0.3, -0.25) is 0 Å². The molecule has 1 aromatic carbocycles. The standard InChI is InChI=1S/C14H22N2O2S/c1-2-10-15-13-6-8-14(9-7-13)19(17,18)16-11-4-3-5-12-16/h6-9,15H,2-5,10-12H2,1H3. The highest BCUT2D eigenvalue weighted by atomic mass is 32.2. The molecule has 1 aliphatic heterocycles. The molecule has 106 valence electrons. The summed E-state index contributed by atoms with van der Waals surface area (Å²) in [6.07, 6.45) is 4.12. The normalized spacial score (nSPS) is 17.3. The minimum atomic E-state index is -3.29. The Balaban J connectivity index is 2.11. The Morgan fingerprint density at radius 1 is 1.11 bits per heavy atom. The lowest BCUT2D eigenvalue weighted by atomic mass is 10.2. The Morgan fingerprint density at radius 3 is 2.32 bits per heavy atom. The first-order valence-corrected chi connectivity index (χ1v) is 8.42. The Hall–Kier alpha value is -1.07. The number of piperidine rings is 1. The molecule has 1 saturated heterocycles. The van der Waals surface area contributed by atoms with Gasteiger partial charge in [-0.2, -0.15) is 4.31 Å². The number of nitrogens with zero attached hydrogens (tertiary/aromatic N) is 1. The molecular formula is C14H22N2O2S. The van der Waals surface area contributed by atoms with Crippen LogP contribution in [0, 0.1) is 0 Å². The highest BCUT2D eigenvalue weighted by Gasteiger charge is 2.25. The van der Waals surface area contributed by atoms with Gasteiger partial charge in [-0.1, -0.05) is 13.3 Å². The molecule has 1 aliphatic rings. The van der Waals surface area contributed by atoms with E-state index in [-0.39, 0.29) is 0 Å². The third-order valence-corrected chi connectivity index (χ3v) is 5.30. The van der Waals surface area contributed by atoms with Crippen molar-refractivity contribution >= 4 is 15.7 Å². The van der Waals surface area contributed by atoms with Crippen molar-refractivity contribution in [1.29, 1.82) is 0 Å². The molecule has 0 unspecified atom stereocenters. The van der Waals surface area contributed by atoms with E-state index < -0.39 is 10.0 Å². The fourth-order valence-corrected chi connectivity index (χ4v) is 3.79. The average Bonchev–Trinajstić information content (AvgIpc) is 2.46. The fourth-order valence-electron chi connectivity index (χ4n) is 2.27. The van der Waals surface area contributed by atoms with Crippen LogP contribution in [0.2, 0.25) is 0 Å². The molecule has 2 rings (SSSR count). The van der Waals surface area contributed by atoms with E-state index in [0.717, 1.165) is 37.9 Å². The van der Waals surface area contributed by atoms with Gasteiger partial charge < -0.3 is 5.32 Å². The highest BCUT2D eigenvalue weighted by Crippen LogP contribution is 2.21. The van der Waals surface area contributed by atoms with Gasteiger partial charge in [0.1, 0.15) is 0 Å². The molecule has 4 nitrogen and oxygen atoms in total. The molecule has 0 aromatic heterocycles. The first-order valence-electron chi connectivity index (χ1n) is 6.98. The fraction of sp³-hybridized carbons (Fsp3) is 0.571. The molecule has 1 aromatic rings. The van der Waals surface area contributed by atoms with Crippen molar-refractivity contribution in [3.05, 3.63) is 24.3 Å². The lowest BCUT2D eigenvalue weighted by molar-refractivity contribution is 0.346. The van der Waals surface area contributed by atoms with Crippen molar-refractivity contribution in [3.63, 3.8) is 0 Å². The van der Waals surface area contributed by atoms with Crippen molar-refractivity contribution < 1.29 is 8.42 Å². The van der Waals surface area contributed by atoms with Gasteiger partial charge >= 0.3 is 0 Å². The molecule has 0 saturated carbocycles. The van der Waals surface area contributed by atoms with E-state index in [2.05, 4.69) is 12.2 Å². The van der Waals surface area contributed by atoms with Crippen LogP contribution in [0.3, 0.4) is 0 Å². The van der Waals surface area contributed by atoms with Gasteiger partial charge in [0.05, 0.1) is 4.90 Å². The van der Waals surface area contributed by atoms with Gasteiger partial charge in [0.2, 0.25) is 10.0 Å². The molecule has 0 bridgehead atoms. The second kappa shape index (κ2) is 6.39. The maximum absolute atomic E-state index is 12.4. The molecule has 19 heavy (non-hydrogen) atoms. The number of nitrogens with one attached hydrogen (secondary N) is 1. The van der Waals surface area contributed by atoms with E-state index in [1.807, 2.05) is 12.1 Å². The molecular weight excluding hydrogens is 260 g/mol. The van der Waals surface area contributed by atoms with E-state index >= 15 is 0 Å². The van der Waals surface area contributed by atoms with Crippen LogP contribution in [0.1, 0.15) is 32.6 Å². The number of rotatable bonds is 5. The van der Waals surface area contributed by atoms with E-state index in [9.17, 15) is 8.42 Å².